The molecule has 0 bridgehead atoms. The summed E-state index contributed by atoms with van der Waals surface area (Å²) in [7, 11) is 0. The smallest absolute Gasteiger partial charge is 0.248 e. The van der Waals surface area contributed by atoms with Gasteiger partial charge in [0.1, 0.15) is 6.61 Å². The Morgan fingerprint density at radius 3 is 2.11 bits per heavy atom. The molecular formula is C13H20N2O3. The van der Waals surface area contributed by atoms with E-state index in [-0.39, 0.29) is 5.91 Å². The van der Waals surface area contributed by atoms with Crippen LogP contribution < -0.4 is 0 Å². The number of rotatable bonds is 2. The summed E-state index contributed by atoms with van der Waals surface area (Å²) >= 11 is 0. The van der Waals surface area contributed by atoms with Gasteiger partial charge in [-0.2, -0.15) is 0 Å². The van der Waals surface area contributed by atoms with Crippen LogP contribution in [0, 0.1) is 17.8 Å². The fraction of sp³-hybridized carbons (Fsp3) is 0.846. The van der Waals surface area contributed by atoms with Crippen LogP contribution in [0.25, 0.3) is 0 Å². The molecule has 3 rings (SSSR count). The molecule has 0 aromatic carbocycles. The number of fused-ring (bicyclic) bond motifs is 1. The molecule has 18 heavy (non-hydrogen) atoms. The number of aliphatic hydroxyl groups excluding tert-OH is 1. The van der Waals surface area contributed by atoms with E-state index in [0.717, 1.165) is 0 Å². The molecule has 1 saturated heterocycles. The van der Waals surface area contributed by atoms with Gasteiger partial charge >= 0.3 is 0 Å². The predicted octanol–water partition coefficient (Wildman–Crippen LogP) is -0.304. The summed E-state index contributed by atoms with van der Waals surface area (Å²) in [6.07, 6.45) is 3.74. The molecular weight excluding hydrogens is 232 g/mol. The van der Waals surface area contributed by atoms with Gasteiger partial charge in [0.25, 0.3) is 0 Å². The van der Waals surface area contributed by atoms with Gasteiger partial charge in [0.05, 0.1) is 0 Å². The molecule has 1 heterocycles. The lowest BCUT2D eigenvalue weighted by atomic mass is 10.1. The van der Waals surface area contributed by atoms with Crippen molar-refractivity contribution in [3.05, 3.63) is 0 Å². The number of amides is 2. The van der Waals surface area contributed by atoms with Crippen molar-refractivity contribution in [2.24, 2.45) is 17.8 Å². The maximum Gasteiger partial charge on any atom is 0.248 e. The van der Waals surface area contributed by atoms with Crippen molar-refractivity contribution >= 4 is 11.8 Å². The maximum absolute atomic E-state index is 12.3. The second-order valence-corrected chi connectivity index (χ2v) is 5.65. The van der Waals surface area contributed by atoms with Crippen LogP contribution in [-0.2, 0) is 9.59 Å². The summed E-state index contributed by atoms with van der Waals surface area (Å²) in [5.41, 5.74) is 0. The number of hydrogen-bond donors (Lipinski definition) is 1. The van der Waals surface area contributed by atoms with E-state index in [9.17, 15) is 9.59 Å². The van der Waals surface area contributed by atoms with Crippen LogP contribution in [0.3, 0.4) is 0 Å². The molecule has 2 saturated carbocycles. The van der Waals surface area contributed by atoms with Gasteiger partial charge in [-0.25, -0.2) is 0 Å². The van der Waals surface area contributed by atoms with Gasteiger partial charge in [-0.1, -0.05) is 6.42 Å². The van der Waals surface area contributed by atoms with Crippen LogP contribution in [0.5, 0.6) is 0 Å². The standard InChI is InChI=1S/C13H20N2O3/c16-8-11(17)14-4-6-15(7-5-14)13(18)12-9-2-1-3-10(9)12/h9-10,12,16H,1-8H2. The largest absolute Gasteiger partial charge is 0.387 e. The molecule has 0 spiro atoms. The lowest BCUT2D eigenvalue weighted by Gasteiger charge is -2.34. The molecule has 2 aliphatic carbocycles. The molecule has 2 atom stereocenters. The highest BCUT2D eigenvalue weighted by Crippen LogP contribution is 2.58. The SMILES string of the molecule is O=C(CO)N1CCN(C(=O)C2C3CCCC32)CC1. The van der Waals surface area contributed by atoms with E-state index in [1.807, 2.05) is 4.90 Å². The molecule has 0 radical (unpaired) electrons. The lowest BCUT2D eigenvalue weighted by Crippen LogP contribution is -2.51. The Hall–Kier alpha value is -1.10. The molecule has 1 aliphatic heterocycles. The highest BCUT2D eigenvalue weighted by atomic mass is 16.3. The van der Waals surface area contributed by atoms with E-state index >= 15 is 0 Å². The van der Waals surface area contributed by atoms with Gasteiger partial charge in [0.2, 0.25) is 11.8 Å². The summed E-state index contributed by atoms with van der Waals surface area (Å²) in [4.78, 5) is 27.2. The zero-order chi connectivity index (χ0) is 12.7. The van der Waals surface area contributed by atoms with Gasteiger partial charge in [-0.3, -0.25) is 9.59 Å². The Bertz CT molecular complexity index is 353. The fourth-order valence-electron chi connectivity index (χ4n) is 3.67. The summed E-state index contributed by atoms with van der Waals surface area (Å²) in [5.74, 6) is 1.69. The molecule has 2 unspecified atom stereocenters. The summed E-state index contributed by atoms with van der Waals surface area (Å²) < 4.78 is 0. The zero-order valence-corrected chi connectivity index (χ0v) is 10.5. The van der Waals surface area contributed by atoms with E-state index in [2.05, 4.69) is 0 Å². The Morgan fingerprint density at radius 2 is 1.56 bits per heavy atom. The van der Waals surface area contributed by atoms with Crippen molar-refractivity contribution < 1.29 is 14.7 Å². The van der Waals surface area contributed by atoms with Crippen molar-refractivity contribution in [3.8, 4) is 0 Å². The van der Waals surface area contributed by atoms with Crippen LogP contribution >= 0.6 is 0 Å². The minimum Gasteiger partial charge on any atom is -0.387 e. The molecule has 3 aliphatic rings. The van der Waals surface area contributed by atoms with E-state index in [1.54, 1.807) is 4.90 Å². The first-order chi connectivity index (χ1) is 8.72. The predicted molar refractivity (Wildman–Crippen MR) is 64.6 cm³/mol. The molecule has 0 aromatic heterocycles. The van der Waals surface area contributed by atoms with Gasteiger partial charge < -0.3 is 14.9 Å². The summed E-state index contributed by atoms with van der Waals surface area (Å²) in [6.45, 7) is 1.95. The lowest BCUT2D eigenvalue weighted by molar-refractivity contribution is -0.142. The Morgan fingerprint density at radius 1 is 1.00 bits per heavy atom. The third-order valence-corrected chi connectivity index (χ3v) is 4.77. The maximum atomic E-state index is 12.3. The van der Waals surface area contributed by atoms with Gasteiger partial charge in [0, 0.05) is 32.1 Å². The molecule has 100 valence electrons. The summed E-state index contributed by atoms with van der Waals surface area (Å²) in [5, 5.41) is 8.80. The van der Waals surface area contributed by atoms with Crippen LogP contribution in [-0.4, -0.2) is 59.5 Å². The van der Waals surface area contributed by atoms with E-state index < -0.39 is 6.61 Å². The number of carbonyl (C=O) groups excluding carboxylic acids is 2. The minimum absolute atomic E-state index is 0.231. The Balaban J connectivity index is 1.51. The number of nitrogens with zero attached hydrogens (tertiary/aromatic N) is 2. The van der Waals surface area contributed by atoms with E-state index in [1.165, 1.54) is 19.3 Å². The van der Waals surface area contributed by atoms with Crippen molar-refractivity contribution in [1.82, 2.24) is 9.80 Å². The third-order valence-electron chi connectivity index (χ3n) is 4.77. The number of piperazine rings is 1. The van der Waals surface area contributed by atoms with Gasteiger partial charge in [0.15, 0.2) is 0 Å². The monoisotopic (exact) mass is 252 g/mol. The van der Waals surface area contributed by atoms with Crippen molar-refractivity contribution in [1.29, 1.82) is 0 Å². The fourth-order valence-corrected chi connectivity index (χ4v) is 3.67. The van der Waals surface area contributed by atoms with Crippen molar-refractivity contribution in [2.75, 3.05) is 32.8 Å². The normalized spacial score (nSPS) is 34.4. The Labute approximate surface area is 107 Å². The first-order valence-electron chi connectivity index (χ1n) is 6.90. The van der Waals surface area contributed by atoms with Crippen molar-refractivity contribution in [3.63, 3.8) is 0 Å². The molecule has 1 N–H and O–H groups in total. The topological polar surface area (TPSA) is 60.9 Å². The highest BCUT2D eigenvalue weighted by molar-refractivity contribution is 5.83. The minimum atomic E-state index is -0.430. The zero-order valence-electron chi connectivity index (χ0n) is 10.5. The Kier molecular flexibility index (Phi) is 3.01. The number of aliphatic hydroxyl groups is 1. The molecule has 5 nitrogen and oxygen atoms in total. The third kappa shape index (κ3) is 1.90. The highest BCUT2D eigenvalue weighted by Gasteiger charge is 2.57. The van der Waals surface area contributed by atoms with Crippen LogP contribution in [0.15, 0.2) is 0 Å². The second-order valence-electron chi connectivity index (χ2n) is 5.65. The van der Waals surface area contributed by atoms with Gasteiger partial charge in [-0.05, 0) is 24.7 Å². The second kappa shape index (κ2) is 4.53. The van der Waals surface area contributed by atoms with Gasteiger partial charge in [-0.15, -0.1) is 0 Å². The molecule has 5 heteroatoms. The van der Waals surface area contributed by atoms with Crippen LogP contribution in [0.1, 0.15) is 19.3 Å². The number of hydrogen-bond acceptors (Lipinski definition) is 3. The van der Waals surface area contributed by atoms with E-state index in [4.69, 9.17) is 5.11 Å². The first-order valence-corrected chi connectivity index (χ1v) is 6.90. The summed E-state index contributed by atoms with van der Waals surface area (Å²) in [6, 6.07) is 0. The molecule has 2 amide bonds. The molecule has 0 aromatic rings. The van der Waals surface area contributed by atoms with Crippen LogP contribution in [0.4, 0.5) is 0 Å². The average molecular weight is 252 g/mol. The van der Waals surface area contributed by atoms with E-state index in [0.29, 0.717) is 49.8 Å². The first kappa shape index (κ1) is 12.0. The quantitative estimate of drug-likeness (QED) is 0.733. The van der Waals surface area contributed by atoms with Crippen molar-refractivity contribution in [2.45, 2.75) is 19.3 Å². The van der Waals surface area contributed by atoms with Crippen LogP contribution in [0.2, 0.25) is 0 Å². The average Bonchev–Trinajstić information content (AvgIpc) is 2.89. The molecule has 3 fully saturated rings. The number of carbonyl (C=O) groups is 2.